The molecule has 1 aromatic carbocycles. The van der Waals surface area contributed by atoms with Crippen molar-refractivity contribution < 1.29 is 9.84 Å². The van der Waals surface area contributed by atoms with E-state index >= 15 is 0 Å². The van der Waals surface area contributed by atoms with Crippen LogP contribution in [0.5, 0.6) is 0 Å². The lowest BCUT2D eigenvalue weighted by molar-refractivity contribution is -0.0878. The SMILES string of the molecule is CC1(C)CN(CCC(O)c2ccccc2Br)CCO1. The van der Waals surface area contributed by atoms with Gasteiger partial charge in [-0.05, 0) is 31.9 Å². The molecule has 1 aliphatic heterocycles. The highest BCUT2D eigenvalue weighted by atomic mass is 79.9. The molecule has 0 spiro atoms. The Labute approximate surface area is 123 Å². The van der Waals surface area contributed by atoms with Gasteiger partial charge in [0, 0.05) is 24.1 Å². The number of aliphatic hydroxyl groups is 1. The van der Waals surface area contributed by atoms with E-state index in [1.54, 1.807) is 0 Å². The molecule has 0 aliphatic carbocycles. The lowest BCUT2D eigenvalue weighted by Crippen LogP contribution is -2.48. The van der Waals surface area contributed by atoms with Gasteiger partial charge in [0.2, 0.25) is 0 Å². The van der Waals surface area contributed by atoms with Crippen LogP contribution in [0.2, 0.25) is 0 Å². The largest absolute Gasteiger partial charge is 0.388 e. The molecule has 0 aromatic heterocycles. The lowest BCUT2D eigenvalue weighted by atomic mass is 10.0. The Morgan fingerprint density at radius 1 is 1.42 bits per heavy atom. The van der Waals surface area contributed by atoms with Crippen molar-refractivity contribution in [3.63, 3.8) is 0 Å². The van der Waals surface area contributed by atoms with Crippen LogP contribution in [-0.2, 0) is 4.74 Å². The molecular weight excluding hydrogens is 306 g/mol. The highest BCUT2D eigenvalue weighted by Crippen LogP contribution is 2.26. The molecule has 4 heteroatoms. The number of ether oxygens (including phenoxy) is 1. The molecule has 1 saturated heterocycles. The van der Waals surface area contributed by atoms with E-state index in [-0.39, 0.29) is 5.60 Å². The van der Waals surface area contributed by atoms with Crippen molar-refractivity contribution in [1.29, 1.82) is 0 Å². The van der Waals surface area contributed by atoms with Crippen LogP contribution in [0.1, 0.15) is 31.9 Å². The van der Waals surface area contributed by atoms with Gasteiger partial charge in [-0.2, -0.15) is 0 Å². The number of halogens is 1. The predicted octanol–water partition coefficient (Wildman–Crippen LogP) is 2.98. The molecule has 3 nitrogen and oxygen atoms in total. The monoisotopic (exact) mass is 327 g/mol. The normalized spacial score (nSPS) is 21.3. The summed E-state index contributed by atoms with van der Waals surface area (Å²) < 4.78 is 6.67. The van der Waals surface area contributed by atoms with E-state index in [1.807, 2.05) is 24.3 Å². The van der Waals surface area contributed by atoms with E-state index in [4.69, 9.17) is 4.74 Å². The fourth-order valence-electron chi connectivity index (χ4n) is 2.51. The van der Waals surface area contributed by atoms with Crippen LogP contribution in [0.15, 0.2) is 28.7 Å². The van der Waals surface area contributed by atoms with Crippen molar-refractivity contribution >= 4 is 15.9 Å². The summed E-state index contributed by atoms with van der Waals surface area (Å²) in [6.45, 7) is 7.78. The van der Waals surface area contributed by atoms with E-state index in [2.05, 4.69) is 34.7 Å². The molecule has 1 atom stereocenters. The van der Waals surface area contributed by atoms with Crippen LogP contribution in [0.25, 0.3) is 0 Å². The van der Waals surface area contributed by atoms with Gasteiger partial charge < -0.3 is 9.84 Å². The van der Waals surface area contributed by atoms with Gasteiger partial charge in [0.15, 0.2) is 0 Å². The van der Waals surface area contributed by atoms with E-state index in [1.165, 1.54) is 0 Å². The molecule has 1 heterocycles. The standard InChI is InChI=1S/C15H22BrNO2/c1-15(2)11-17(9-10-19-15)8-7-14(18)12-5-3-4-6-13(12)16/h3-6,14,18H,7-11H2,1-2H3. The number of hydrogen-bond acceptors (Lipinski definition) is 3. The fourth-order valence-corrected chi connectivity index (χ4v) is 3.06. The number of nitrogens with zero attached hydrogens (tertiary/aromatic N) is 1. The van der Waals surface area contributed by atoms with Gasteiger partial charge in [-0.1, -0.05) is 34.1 Å². The molecule has 0 amide bonds. The fraction of sp³-hybridized carbons (Fsp3) is 0.600. The summed E-state index contributed by atoms with van der Waals surface area (Å²) in [7, 11) is 0. The Kier molecular flexibility index (Phi) is 5.01. The van der Waals surface area contributed by atoms with Crippen LogP contribution in [-0.4, -0.2) is 41.8 Å². The minimum Gasteiger partial charge on any atom is -0.388 e. The number of aliphatic hydroxyl groups excluding tert-OH is 1. The number of hydrogen-bond donors (Lipinski definition) is 1. The van der Waals surface area contributed by atoms with Crippen molar-refractivity contribution in [2.45, 2.75) is 32.0 Å². The quantitative estimate of drug-likeness (QED) is 0.922. The summed E-state index contributed by atoms with van der Waals surface area (Å²) in [6, 6.07) is 7.86. The maximum Gasteiger partial charge on any atom is 0.0813 e. The van der Waals surface area contributed by atoms with E-state index in [0.29, 0.717) is 0 Å². The molecule has 1 aliphatic rings. The topological polar surface area (TPSA) is 32.7 Å². The molecule has 106 valence electrons. The Hall–Kier alpha value is -0.420. The molecule has 1 fully saturated rings. The minimum atomic E-state index is -0.415. The average Bonchev–Trinajstić information content (AvgIpc) is 2.35. The number of morpholine rings is 1. The molecule has 1 N–H and O–H groups in total. The van der Waals surface area contributed by atoms with Gasteiger partial charge in [0.05, 0.1) is 18.3 Å². The van der Waals surface area contributed by atoms with Crippen LogP contribution in [0.4, 0.5) is 0 Å². The Bertz CT molecular complexity index is 422. The molecule has 0 bridgehead atoms. The van der Waals surface area contributed by atoms with E-state index in [9.17, 15) is 5.11 Å². The summed E-state index contributed by atoms with van der Waals surface area (Å²) in [4.78, 5) is 2.36. The Balaban J connectivity index is 1.87. The van der Waals surface area contributed by atoms with Crippen molar-refractivity contribution in [2.24, 2.45) is 0 Å². The lowest BCUT2D eigenvalue weighted by Gasteiger charge is -2.38. The van der Waals surface area contributed by atoms with Gasteiger partial charge in [-0.3, -0.25) is 4.90 Å². The van der Waals surface area contributed by atoms with Crippen LogP contribution >= 0.6 is 15.9 Å². The van der Waals surface area contributed by atoms with E-state index in [0.717, 1.165) is 42.7 Å². The second-order valence-electron chi connectivity index (χ2n) is 5.71. The van der Waals surface area contributed by atoms with Gasteiger partial charge in [-0.25, -0.2) is 0 Å². The van der Waals surface area contributed by atoms with Crippen LogP contribution < -0.4 is 0 Å². The summed E-state index contributed by atoms with van der Waals surface area (Å²) in [5, 5.41) is 10.3. The summed E-state index contributed by atoms with van der Waals surface area (Å²) in [5.74, 6) is 0. The summed E-state index contributed by atoms with van der Waals surface area (Å²) in [5.41, 5.74) is 0.895. The number of benzene rings is 1. The predicted molar refractivity (Wildman–Crippen MR) is 80.2 cm³/mol. The first-order valence-corrected chi connectivity index (χ1v) is 7.56. The Morgan fingerprint density at radius 3 is 2.84 bits per heavy atom. The zero-order chi connectivity index (χ0) is 13.9. The Morgan fingerprint density at radius 2 is 2.16 bits per heavy atom. The molecule has 2 rings (SSSR count). The zero-order valence-electron chi connectivity index (χ0n) is 11.6. The van der Waals surface area contributed by atoms with Crippen molar-refractivity contribution in [2.75, 3.05) is 26.2 Å². The van der Waals surface area contributed by atoms with Crippen LogP contribution in [0.3, 0.4) is 0 Å². The van der Waals surface area contributed by atoms with Crippen molar-refractivity contribution in [3.05, 3.63) is 34.3 Å². The summed E-state index contributed by atoms with van der Waals surface area (Å²) in [6.07, 6.45) is 0.333. The van der Waals surface area contributed by atoms with E-state index < -0.39 is 6.10 Å². The molecular formula is C15H22BrNO2. The third-order valence-corrected chi connectivity index (χ3v) is 4.21. The van der Waals surface area contributed by atoms with Crippen LogP contribution in [0, 0.1) is 0 Å². The average molecular weight is 328 g/mol. The first-order valence-electron chi connectivity index (χ1n) is 6.77. The highest BCUT2D eigenvalue weighted by molar-refractivity contribution is 9.10. The van der Waals surface area contributed by atoms with Crippen molar-refractivity contribution in [1.82, 2.24) is 4.90 Å². The van der Waals surface area contributed by atoms with Gasteiger partial charge in [0.25, 0.3) is 0 Å². The third-order valence-electron chi connectivity index (χ3n) is 3.49. The van der Waals surface area contributed by atoms with Gasteiger partial charge in [-0.15, -0.1) is 0 Å². The maximum absolute atomic E-state index is 10.3. The number of rotatable bonds is 4. The minimum absolute atomic E-state index is 0.0729. The third kappa shape index (κ3) is 4.28. The molecule has 0 saturated carbocycles. The first-order chi connectivity index (χ1) is 8.98. The zero-order valence-corrected chi connectivity index (χ0v) is 13.2. The molecule has 1 unspecified atom stereocenters. The summed E-state index contributed by atoms with van der Waals surface area (Å²) >= 11 is 3.49. The molecule has 19 heavy (non-hydrogen) atoms. The smallest absolute Gasteiger partial charge is 0.0813 e. The molecule has 0 radical (unpaired) electrons. The second kappa shape index (κ2) is 6.35. The van der Waals surface area contributed by atoms with Gasteiger partial charge in [0.1, 0.15) is 0 Å². The first kappa shape index (κ1) is 15.0. The maximum atomic E-state index is 10.3. The highest BCUT2D eigenvalue weighted by Gasteiger charge is 2.27. The molecule has 1 aromatic rings. The van der Waals surface area contributed by atoms with Gasteiger partial charge >= 0.3 is 0 Å². The second-order valence-corrected chi connectivity index (χ2v) is 6.56. The van der Waals surface area contributed by atoms with Crippen molar-refractivity contribution in [3.8, 4) is 0 Å².